The number of nitrogens with one attached hydrogen (secondary N) is 2. The summed E-state index contributed by atoms with van der Waals surface area (Å²) in [5, 5.41) is 13.1. The third-order valence-corrected chi connectivity index (χ3v) is 3.56. The first-order valence-electron chi connectivity index (χ1n) is 6.47. The molecular weight excluding hydrogens is 288 g/mol. The molecule has 2 aromatic rings. The molecule has 0 aliphatic carbocycles. The first kappa shape index (κ1) is 15.2. The van der Waals surface area contributed by atoms with E-state index in [1.807, 2.05) is 25.1 Å². The van der Waals surface area contributed by atoms with Crippen molar-refractivity contribution in [1.29, 1.82) is 0 Å². The number of sulfonamides is 1. The molecule has 0 aliphatic heterocycles. The number of rotatable bonds is 5. The van der Waals surface area contributed by atoms with E-state index in [1.165, 1.54) is 0 Å². The highest BCUT2D eigenvalue weighted by molar-refractivity contribution is 7.92. The molecule has 0 bridgehead atoms. The van der Waals surface area contributed by atoms with Gasteiger partial charge in [-0.3, -0.25) is 4.72 Å². The number of phenols is 1. The van der Waals surface area contributed by atoms with Crippen LogP contribution >= 0.6 is 0 Å². The minimum absolute atomic E-state index is 0.111. The van der Waals surface area contributed by atoms with Crippen LogP contribution in [-0.4, -0.2) is 19.8 Å². The van der Waals surface area contributed by atoms with Crippen molar-refractivity contribution < 1.29 is 13.5 Å². The van der Waals surface area contributed by atoms with Crippen molar-refractivity contribution in [3.05, 3.63) is 54.1 Å². The van der Waals surface area contributed by atoms with Gasteiger partial charge in [-0.25, -0.2) is 8.42 Å². The van der Waals surface area contributed by atoms with E-state index in [2.05, 4.69) is 10.0 Å². The second kappa shape index (κ2) is 6.05. The zero-order chi connectivity index (χ0) is 15.5. The lowest BCUT2D eigenvalue weighted by atomic mass is 10.1. The molecule has 0 saturated carbocycles. The Morgan fingerprint density at radius 1 is 1.05 bits per heavy atom. The molecule has 21 heavy (non-hydrogen) atoms. The Labute approximate surface area is 124 Å². The van der Waals surface area contributed by atoms with Gasteiger partial charge < -0.3 is 10.4 Å². The number of anilines is 2. The van der Waals surface area contributed by atoms with Crippen LogP contribution in [0.3, 0.4) is 0 Å². The molecule has 0 spiro atoms. The number of hydrogen-bond acceptors (Lipinski definition) is 4. The van der Waals surface area contributed by atoms with Crippen molar-refractivity contribution >= 4 is 21.4 Å². The third-order valence-electron chi connectivity index (χ3n) is 2.95. The summed E-state index contributed by atoms with van der Waals surface area (Å²) >= 11 is 0. The number of benzene rings is 2. The van der Waals surface area contributed by atoms with E-state index in [4.69, 9.17) is 0 Å². The normalized spacial score (nSPS) is 12.7. The molecule has 0 aliphatic rings. The van der Waals surface area contributed by atoms with Gasteiger partial charge in [0.05, 0.1) is 18.0 Å². The van der Waals surface area contributed by atoms with Crippen LogP contribution in [0, 0.1) is 0 Å². The van der Waals surface area contributed by atoms with Crippen LogP contribution in [0.15, 0.2) is 48.5 Å². The molecule has 6 heteroatoms. The number of hydrogen-bond donors (Lipinski definition) is 3. The van der Waals surface area contributed by atoms with Gasteiger partial charge in [-0.15, -0.1) is 0 Å². The summed E-state index contributed by atoms with van der Waals surface area (Å²) in [6, 6.07) is 14.0. The van der Waals surface area contributed by atoms with Crippen LogP contribution in [0.2, 0.25) is 0 Å². The highest BCUT2D eigenvalue weighted by Crippen LogP contribution is 2.27. The first-order valence-corrected chi connectivity index (χ1v) is 8.36. The van der Waals surface area contributed by atoms with Gasteiger partial charge in [0.25, 0.3) is 0 Å². The van der Waals surface area contributed by atoms with Crippen LogP contribution in [-0.2, 0) is 10.0 Å². The predicted molar refractivity (Wildman–Crippen MR) is 85.1 cm³/mol. The van der Waals surface area contributed by atoms with E-state index in [0.29, 0.717) is 5.69 Å². The van der Waals surface area contributed by atoms with Crippen LogP contribution in [0.4, 0.5) is 11.4 Å². The molecule has 5 nitrogen and oxygen atoms in total. The lowest BCUT2D eigenvalue weighted by Gasteiger charge is -2.17. The maximum Gasteiger partial charge on any atom is 0.229 e. The summed E-state index contributed by atoms with van der Waals surface area (Å²) in [5.74, 6) is 0.225. The zero-order valence-electron chi connectivity index (χ0n) is 11.9. The van der Waals surface area contributed by atoms with E-state index in [-0.39, 0.29) is 11.8 Å². The molecule has 1 atom stereocenters. The van der Waals surface area contributed by atoms with Crippen LogP contribution in [0.25, 0.3) is 0 Å². The minimum Gasteiger partial charge on any atom is -0.508 e. The molecule has 0 amide bonds. The maximum atomic E-state index is 11.2. The largest absolute Gasteiger partial charge is 0.508 e. The molecule has 2 rings (SSSR count). The number of para-hydroxylation sites is 1. The van der Waals surface area contributed by atoms with Crippen molar-refractivity contribution in [1.82, 2.24) is 0 Å². The lowest BCUT2D eigenvalue weighted by molar-refractivity contribution is 0.465. The van der Waals surface area contributed by atoms with Crippen molar-refractivity contribution in [2.45, 2.75) is 13.0 Å². The standard InChI is InChI=1S/C15H18N2O3S/c1-11(14-8-3-4-9-15(14)18)16-12-6-5-7-13(10-12)17-21(2,19)20/h3-11,16-18H,1-2H3. The molecule has 0 heterocycles. The average molecular weight is 306 g/mol. The van der Waals surface area contributed by atoms with Gasteiger partial charge >= 0.3 is 0 Å². The summed E-state index contributed by atoms with van der Waals surface area (Å²) in [7, 11) is -3.30. The Bertz CT molecular complexity index is 729. The Morgan fingerprint density at radius 2 is 1.71 bits per heavy atom. The van der Waals surface area contributed by atoms with E-state index >= 15 is 0 Å². The molecule has 1 unspecified atom stereocenters. The molecule has 0 radical (unpaired) electrons. The molecule has 0 aromatic heterocycles. The predicted octanol–water partition coefficient (Wildman–Crippen LogP) is 2.94. The van der Waals surface area contributed by atoms with E-state index in [0.717, 1.165) is 17.5 Å². The molecule has 3 N–H and O–H groups in total. The second-order valence-corrected chi connectivity index (χ2v) is 6.63. The summed E-state index contributed by atoms with van der Waals surface area (Å²) in [4.78, 5) is 0. The van der Waals surface area contributed by atoms with Gasteiger partial charge in [0.2, 0.25) is 10.0 Å². The maximum absolute atomic E-state index is 11.2. The van der Waals surface area contributed by atoms with Crippen molar-refractivity contribution in [2.75, 3.05) is 16.3 Å². The van der Waals surface area contributed by atoms with Gasteiger partial charge in [-0.1, -0.05) is 24.3 Å². The Hall–Kier alpha value is -2.21. The number of phenolic OH excluding ortho intramolecular Hbond substituents is 1. The third kappa shape index (κ3) is 4.39. The fourth-order valence-electron chi connectivity index (χ4n) is 2.07. The van der Waals surface area contributed by atoms with E-state index in [9.17, 15) is 13.5 Å². The van der Waals surface area contributed by atoms with Crippen molar-refractivity contribution in [2.24, 2.45) is 0 Å². The summed E-state index contributed by atoms with van der Waals surface area (Å²) < 4.78 is 24.9. The topological polar surface area (TPSA) is 78.4 Å². The molecule has 0 fully saturated rings. The second-order valence-electron chi connectivity index (χ2n) is 4.88. The Morgan fingerprint density at radius 3 is 2.38 bits per heavy atom. The SMILES string of the molecule is CC(Nc1cccc(NS(C)(=O)=O)c1)c1ccccc1O. The van der Waals surface area contributed by atoms with Gasteiger partial charge in [0, 0.05) is 11.3 Å². The fraction of sp³-hybridized carbons (Fsp3) is 0.200. The fourth-order valence-corrected chi connectivity index (χ4v) is 2.62. The van der Waals surface area contributed by atoms with Crippen molar-refractivity contribution in [3.8, 4) is 5.75 Å². The summed E-state index contributed by atoms with van der Waals surface area (Å²) in [6.07, 6.45) is 1.11. The number of aromatic hydroxyl groups is 1. The highest BCUT2D eigenvalue weighted by atomic mass is 32.2. The molecule has 0 saturated heterocycles. The monoisotopic (exact) mass is 306 g/mol. The quantitative estimate of drug-likeness (QED) is 0.793. The van der Waals surface area contributed by atoms with Crippen LogP contribution in [0.1, 0.15) is 18.5 Å². The smallest absolute Gasteiger partial charge is 0.229 e. The highest BCUT2D eigenvalue weighted by Gasteiger charge is 2.10. The van der Waals surface area contributed by atoms with Gasteiger partial charge in [0.15, 0.2) is 0 Å². The molecule has 2 aromatic carbocycles. The van der Waals surface area contributed by atoms with E-state index in [1.54, 1.807) is 30.3 Å². The van der Waals surface area contributed by atoms with E-state index < -0.39 is 10.0 Å². The minimum atomic E-state index is -3.30. The Kier molecular flexibility index (Phi) is 4.37. The van der Waals surface area contributed by atoms with Gasteiger partial charge in [-0.2, -0.15) is 0 Å². The van der Waals surface area contributed by atoms with Crippen molar-refractivity contribution in [3.63, 3.8) is 0 Å². The molecule has 112 valence electrons. The zero-order valence-corrected chi connectivity index (χ0v) is 12.7. The molecular formula is C15H18N2O3S. The Balaban J connectivity index is 2.16. The first-order chi connectivity index (χ1) is 9.85. The summed E-state index contributed by atoms with van der Waals surface area (Å²) in [5.41, 5.74) is 2.03. The summed E-state index contributed by atoms with van der Waals surface area (Å²) in [6.45, 7) is 1.92. The van der Waals surface area contributed by atoms with Gasteiger partial charge in [0.1, 0.15) is 5.75 Å². The lowest BCUT2D eigenvalue weighted by Crippen LogP contribution is -2.10. The van der Waals surface area contributed by atoms with Crippen LogP contribution in [0.5, 0.6) is 5.75 Å². The van der Waals surface area contributed by atoms with Gasteiger partial charge in [-0.05, 0) is 31.2 Å². The van der Waals surface area contributed by atoms with Crippen LogP contribution < -0.4 is 10.0 Å². The average Bonchev–Trinajstić information content (AvgIpc) is 2.37.